The minimum atomic E-state index is 1.48. The molecule has 1 nitrogen and oxygen atoms in total. The highest BCUT2D eigenvalue weighted by molar-refractivity contribution is 8.14. The predicted molar refractivity (Wildman–Crippen MR) is 32.2 cm³/mol. The topological polar surface area (TPSA) is 12.4 Å². The van der Waals surface area contributed by atoms with Crippen molar-refractivity contribution in [1.82, 2.24) is 0 Å². The molecule has 2 heteroatoms. The summed E-state index contributed by atoms with van der Waals surface area (Å²) in [5.41, 5.74) is 1.73. The van der Waals surface area contributed by atoms with Gasteiger partial charge in [-0.3, -0.25) is 4.99 Å². The fourth-order valence-corrected chi connectivity index (χ4v) is 0.312. The largest absolute Gasteiger partial charge is 0.289 e. The van der Waals surface area contributed by atoms with Crippen molar-refractivity contribution < 1.29 is 0 Å². The Labute approximate surface area is 42.2 Å². The van der Waals surface area contributed by atoms with Crippen molar-refractivity contribution in [2.45, 2.75) is 0 Å². The fourth-order valence-electron chi connectivity index (χ4n) is 0.104. The summed E-state index contributed by atoms with van der Waals surface area (Å²) >= 11 is 1.48. The number of hydrogen-bond acceptors (Lipinski definition) is 2. The molecular formula is C4H7NS. The van der Waals surface area contributed by atoms with Gasteiger partial charge in [-0.05, 0) is 5.41 Å². The zero-order chi connectivity index (χ0) is 4.83. The van der Waals surface area contributed by atoms with Crippen molar-refractivity contribution in [3.63, 3.8) is 0 Å². The maximum atomic E-state index is 3.69. The lowest BCUT2D eigenvalue weighted by Gasteiger charge is -1.70. The molecule has 0 fully saturated rings. The Morgan fingerprint density at radius 1 is 1.83 bits per heavy atom. The van der Waals surface area contributed by atoms with E-state index in [0.29, 0.717) is 0 Å². The maximum absolute atomic E-state index is 3.69. The highest BCUT2D eigenvalue weighted by Crippen LogP contribution is 1.90. The number of thioether (sulfide) groups is 1. The van der Waals surface area contributed by atoms with Crippen LogP contribution in [0.5, 0.6) is 0 Å². The van der Waals surface area contributed by atoms with Gasteiger partial charge in [-0.15, -0.1) is 0 Å². The Bertz CT molecular complexity index is 58.6. The molecule has 0 aliphatic heterocycles. The first-order valence-electron chi connectivity index (χ1n) is 1.59. The van der Waals surface area contributed by atoms with E-state index < -0.39 is 0 Å². The van der Waals surface area contributed by atoms with Crippen molar-refractivity contribution >= 4 is 17.3 Å². The van der Waals surface area contributed by atoms with Crippen LogP contribution in [0.3, 0.4) is 0 Å². The molecule has 0 bridgehead atoms. The van der Waals surface area contributed by atoms with E-state index >= 15 is 0 Å². The van der Waals surface area contributed by atoms with Crippen LogP contribution in [0.15, 0.2) is 17.0 Å². The summed E-state index contributed by atoms with van der Waals surface area (Å²) in [4.78, 5) is 3.69. The fraction of sp³-hybridized carbons (Fsp3) is 0.250. The molecule has 0 unspecified atom stereocenters. The summed E-state index contributed by atoms with van der Waals surface area (Å²) in [6, 6.07) is 0. The molecule has 0 aliphatic carbocycles. The Morgan fingerprint density at radius 2 is 2.50 bits per heavy atom. The third-order valence-corrected chi connectivity index (χ3v) is 0.787. The monoisotopic (exact) mass is 101 g/mol. The summed E-state index contributed by atoms with van der Waals surface area (Å²) in [5.74, 6) is 0. The summed E-state index contributed by atoms with van der Waals surface area (Å²) in [6.45, 7) is 3.47. The van der Waals surface area contributed by atoms with Gasteiger partial charge in [0.25, 0.3) is 0 Å². The Balaban J connectivity index is 2.85. The average Bonchev–Trinajstić information content (AvgIpc) is 1.61. The third kappa shape index (κ3) is 3.76. The molecule has 0 aromatic carbocycles. The van der Waals surface area contributed by atoms with Crippen molar-refractivity contribution in [1.29, 1.82) is 0 Å². The normalized spacial score (nSPS) is 9.50. The van der Waals surface area contributed by atoms with Gasteiger partial charge >= 0.3 is 0 Å². The van der Waals surface area contributed by atoms with Gasteiger partial charge in [0.2, 0.25) is 0 Å². The van der Waals surface area contributed by atoms with Crippen LogP contribution in [0.1, 0.15) is 0 Å². The molecule has 6 heavy (non-hydrogen) atoms. The Morgan fingerprint density at radius 3 is 2.67 bits per heavy atom. The molecule has 0 heterocycles. The van der Waals surface area contributed by atoms with Crippen LogP contribution >= 0.6 is 11.8 Å². The molecule has 34 valence electrons. The van der Waals surface area contributed by atoms with Gasteiger partial charge in [0, 0.05) is 7.05 Å². The minimum absolute atomic E-state index is 1.48. The van der Waals surface area contributed by atoms with Gasteiger partial charge < -0.3 is 0 Å². The van der Waals surface area contributed by atoms with Gasteiger partial charge in [-0.1, -0.05) is 18.3 Å². The molecule has 0 saturated heterocycles. The first kappa shape index (κ1) is 5.76. The van der Waals surface area contributed by atoms with Gasteiger partial charge in [0.05, 0.1) is 5.55 Å². The molecule has 0 rings (SSSR count). The molecule has 0 N–H and O–H groups in total. The van der Waals surface area contributed by atoms with Crippen LogP contribution in [0, 0.1) is 0 Å². The Kier molecular flexibility index (Phi) is 4.57. The standard InChI is InChI=1S/C4H7NS/c1-3-6-4-5-2/h3-4H,1H2,2H3. The molecule has 0 atom stereocenters. The van der Waals surface area contributed by atoms with Gasteiger partial charge in [0.1, 0.15) is 0 Å². The van der Waals surface area contributed by atoms with Crippen LogP contribution in [-0.4, -0.2) is 12.6 Å². The van der Waals surface area contributed by atoms with Gasteiger partial charge in [0.15, 0.2) is 0 Å². The van der Waals surface area contributed by atoms with E-state index in [-0.39, 0.29) is 0 Å². The van der Waals surface area contributed by atoms with E-state index in [0.717, 1.165) is 0 Å². The first-order chi connectivity index (χ1) is 2.91. The highest BCUT2D eigenvalue weighted by atomic mass is 32.2. The van der Waals surface area contributed by atoms with Crippen LogP contribution < -0.4 is 0 Å². The molecule has 0 aliphatic rings. The van der Waals surface area contributed by atoms with Gasteiger partial charge in [-0.2, -0.15) is 0 Å². The number of aliphatic imine (C=N–C) groups is 1. The smallest absolute Gasteiger partial charge is 0.0579 e. The van der Waals surface area contributed by atoms with Crippen molar-refractivity contribution in [2.24, 2.45) is 4.99 Å². The number of rotatable bonds is 2. The lowest BCUT2D eigenvalue weighted by atomic mass is 11.3. The van der Waals surface area contributed by atoms with Crippen LogP contribution in [0.25, 0.3) is 0 Å². The molecule has 0 amide bonds. The summed E-state index contributed by atoms with van der Waals surface area (Å²) in [5, 5.41) is 1.73. The molecule has 0 radical (unpaired) electrons. The number of nitrogens with zero attached hydrogens (tertiary/aromatic N) is 1. The van der Waals surface area contributed by atoms with Crippen LogP contribution in [-0.2, 0) is 0 Å². The first-order valence-corrected chi connectivity index (χ1v) is 2.53. The molecule has 0 aromatic rings. The summed E-state index contributed by atoms with van der Waals surface area (Å²) in [7, 11) is 1.73. The maximum Gasteiger partial charge on any atom is 0.0579 e. The molecule has 0 saturated carbocycles. The van der Waals surface area contributed by atoms with Crippen molar-refractivity contribution in [2.75, 3.05) is 7.05 Å². The second-order valence-electron chi connectivity index (χ2n) is 0.666. The van der Waals surface area contributed by atoms with Gasteiger partial charge in [-0.25, -0.2) is 0 Å². The highest BCUT2D eigenvalue weighted by Gasteiger charge is 1.58. The number of hydrogen-bond donors (Lipinski definition) is 0. The Hall–Kier alpha value is -0.240. The lowest BCUT2D eigenvalue weighted by Crippen LogP contribution is -1.51. The zero-order valence-electron chi connectivity index (χ0n) is 3.72. The van der Waals surface area contributed by atoms with E-state index in [1.165, 1.54) is 11.8 Å². The molecule has 0 spiro atoms. The van der Waals surface area contributed by atoms with Crippen LogP contribution in [0.2, 0.25) is 0 Å². The van der Waals surface area contributed by atoms with E-state index in [9.17, 15) is 0 Å². The summed E-state index contributed by atoms with van der Waals surface area (Å²) < 4.78 is 0. The quantitative estimate of drug-likeness (QED) is 0.379. The van der Waals surface area contributed by atoms with E-state index in [1.807, 2.05) is 0 Å². The van der Waals surface area contributed by atoms with E-state index in [2.05, 4.69) is 11.6 Å². The van der Waals surface area contributed by atoms with E-state index in [4.69, 9.17) is 0 Å². The third-order valence-electron chi connectivity index (χ3n) is 0.262. The SMILES string of the molecule is C=CSC=NC. The van der Waals surface area contributed by atoms with Crippen molar-refractivity contribution in [3.05, 3.63) is 12.0 Å². The van der Waals surface area contributed by atoms with Crippen LogP contribution in [0.4, 0.5) is 0 Å². The minimum Gasteiger partial charge on any atom is -0.289 e. The van der Waals surface area contributed by atoms with Crippen molar-refractivity contribution in [3.8, 4) is 0 Å². The second kappa shape index (κ2) is 4.76. The molecule has 0 aromatic heterocycles. The predicted octanol–water partition coefficient (Wildman–Crippen LogP) is 1.52. The zero-order valence-corrected chi connectivity index (χ0v) is 4.53. The van der Waals surface area contributed by atoms with E-state index in [1.54, 1.807) is 18.0 Å². The lowest BCUT2D eigenvalue weighted by molar-refractivity contribution is 1.49. The summed E-state index contributed by atoms with van der Waals surface area (Å²) in [6.07, 6.45) is 0. The average molecular weight is 101 g/mol. The second-order valence-corrected chi connectivity index (χ2v) is 1.48. The molecular weight excluding hydrogens is 94.1 g/mol.